The van der Waals surface area contributed by atoms with Crippen molar-refractivity contribution >= 4 is 25.3 Å². The summed E-state index contributed by atoms with van der Waals surface area (Å²) < 4.78 is 41.6. The van der Waals surface area contributed by atoms with Gasteiger partial charge >= 0.3 is 5.97 Å². The smallest absolute Gasteiger partial charge is 0.309 e. The van der Waals surface area contributed by atoms with E-state index in [0.717, 1.165) is 0 Å². The number of aromatic nitrogens is 2. The topological polar surface area (TPSA) is 76.2 Å². The van der Waals surface area contributed by atoms with Crippen LogP contribution in [0.4, 0.5) is 8.78 Å². The Hall–Kier alpha value is -1.84. The monoisotopic (exact) mass is 451 g/mol. The molecule has 1 aliphatic carbocycles. The maximum absolute atomic E-state index is 15.2. The Kier molecular flexibility index (Phi) is 5.50. The molecule has 0 radical (unpaired) electrons. The second-order valence-electron chi connectivity index (χ2n) is 10.3. The minimum atomic E-state index is -1.91. The number of aromatic amines is 1. The van der Waals surface area contributed by atoms with Crippen LogP contribution in [0.5, 0.6) is 0 Å². The van der Waals surface area contributed by atoms with Crippen LogP contribution in [0.2, 0.25) is 18.1 Å². The summed E-state index contributed by atoms with van der Waals surface area (Å²) in [6, 6.07) is -0.154. The van der Waals surface area contributed by atoms with Crippen LogP contribution in [0, 0.1) is 17.6 Å². The number of rotatable bonds is 4. The first-order valence-electron chi connectivity index (χ1n) is 10.8. The lowest BCUT2D eigenvalue weighted by molar-refractivity contribution is -0.145. The quantitative estimate of drug-likeness (QED) is 0.539. The van der Waals surface area contributed by atoms with Gasteiger partial charge in [-0.05, 0) is 48.5 Å². The molecule has 4 rings (SSSR count). The van der Waals surface area contributed by atoms with Crippen molar-refractivity contribution in [3.8, 4) is 0 Å². The average Bonchev–Trinajstić information content (AvgIpc) is 3.41. The molecular weight excluding hydrogens is 420 g/mol. The molecule has 2 aliphatic rings. The van der Waals surface area contributed by atoms with Crippen LogP contribution in [0.25, 0.3) is 11.0 Å². The van der Waals surface area contributed by atoms with E-state index in [1.165, 1.54) is 7.11 Å². The number of benzene rings is 1. The fourth-order valence-electron chi connectivity index (χ4n) is 4.35. The number of H-pyrrole nitrogens is 1. The second kappa shape index (κ2) is 7.63. The summed E-state index contributed by atoms with van der Waals surface area (Å²) >= 11 is 0. The van der Waals surface area contributed by atoms with Crippen LogP contribution in [-0.4, -0.2) is 44.0 Å². The predicted octanol–water partition coefficient (Wildman–Crippen LogP) is 4.15. The van der Waals surface area contributed by atoms with E-state index in [4.69, 9.17) is 9.16 Å². The van der Waals surface area contributed by atoms with Crippen LogP contribution in [-0.2, 0) is 26.8 Å². The molecular formula is C22H31F2N3O3Si. The zero-order chi connectivity index (χ0) is 22.7. The van der Waals surface area contributed by atoms with Gasteiger partial charge in [-0.25, -0.2) is 13.8 Å². The number of imidazole rings is 1. The maximum Gasteiger partial charge on any atom is 0.309 e. The third kappa shape index (κ3) is 3.80. The Bertz CT molecular complexity index is 982. The van der Waals surface area contributed by atoms with Crippen molar-refractivity contribution < 1.29 is 22.7 Å². The molecule has 3 atom stereocenters. The molecule has 0 spiro atoms. The van der Waals surface area contributed by atoms with Crippen LogP contribution in [0.15, 0.2) is 0 Å². The molecule has 1 aromatic carbocycles. The average molecular weight is 452 g/mol. The molecule has 170 valence electrons. The number of carbonyl (C=O) groups excluding carboxylic acids is 1. The fraction of sp³-hybridized carbons (Fsp3) is 0.636. The van der Waals surface area contributed by atoms with E-state index in [1.807, 2.05) is 0 Å². The second-order valence-corrected chi connectivity index (χ2v) is 15.0. The number of esters is 1. The molecule has 9 heteroatoms. The zero-order valence-corrected chi connectivity index (χ0v) is 20.0. The Morgan fingerprint density at radius 1 is 1.16 bits per heavy atom. The minimum Gasteiger partial charge on any atom is -0.469 e. The molecule has 2 N–H and O–H groups in total. The van der Waals surface area contributed by atoms with Crippen molar-refractivity contribution in [3.05, 3.63) is 28.6 Å². The molecule has 1 saturated heterocycles. The number of fused-ring (bicyclic) bond motifs is 2. The standard InChI is InChI=1S/C22H31F2N3O3Si/c1-22(2,3)31(5,6)30-12-9-15(25-10-12)20-26-18-16(23)13-7-11(21(28)29-4)8-14(13)17(24)19(18)27-20/h11-12,15,25H,7-10H2,1-6H3,(H,26,27)/t12-,15+/m1/s1. The summed E-state index contributed by atoms with van der Waals surface area (Å²) in [4.78, 5) is 19.3. The zero-order valence-electron chi connectivity index (χ0n) is 19.0. The number of halogens is 2. The van der Waals surface area contributed by atoms with Crippen molar-refractivity contribution in [2.75, 3.05) is 13.7 Å². The molecule has 1 aromatic heterocycles. The molecule has 2 heterocycles. The van der Waals surface area contributed by atoms with Crippen LogP contribution >= 0.6 is 0 Å². The number of methoxy groups -OCH3 is 1. The van der Waals surface area contributed by atoms with Gasteiger partial charge < -0.3 is 19.5 Å². The number of nitrogens with one attached hydrogen (secondary N) is 2. The predicted molar refractivity (Wildman–Crippen MR) is 116 cm³/mol. The van der Waals surface area contributed by atoms with E-state index in [0.29, 0.717) is 18.8 Å². The summed E-state index contributed by atoms with van der Waals surface area (Å²) in [6.07, 6.45) is 1.01. The molecule has 1 fully saturated rings. The molecule has 1 aliphatic heterocycles. The highest BCUT2D eigenvalue weighted by molar-refractivity contribution is 6.74. The molecule has 2 aromatic rings. The lowest BCUT2D eigenvalue weighted by Crippen LogP contribution is -2.44. The van der Waals surface area contributed by atoms with E-state index in [-0.39, 0.29) is 52.2 Å². The largest absolute Gasteiger partial charge is 0.469 e. The number of hydrogen-bond donors (Lipinski definition) is 2. The van der Waals surface area contributed by atoms with Crippen LogP contribution in [0.3, 0.4) is 0 Å². The summed E-state index contributed by atoms with van der Waals surface area (Å²) in [7, 11) is -0.625. The van der Waals surface area contributed by atoms with Gasteiger partial charge in [0.1, 0.15) is 16.9 Å². The Balaban J connectivity index is 1.57. The SMILES string of the molecule is COC(=O)C1Cc2c(c(F)c3[nH]c([C@@H]4C[C@@H](O[Si](C)(C)C(C)(C)C)CN4)nc3c2F)C1. The Morgan fingerprint density at radius 2 is 1.81 bits per heavy atom. The van der Waals surface area contributed by atoms with E-state index >= 15 is 8.78 Å². The lowest BCUT2D eigenvalue weighted by Gasteiger charge is -2.38. The van der Waals surface area contributed by atoms with Gasteiger partial charge in [0.15, 0.2) is 20.0 Å². The van der Waals surface area contributed by atoms with Gasteiger partial charge in [0.2, 0.25) is 0 Å². The number of carbonyl (C=O) groups is 1. The van der Waals surface area contributed by atoms with E-state index < -0.39 is 31.8 Å². The molecule has 0 bridgehead atoms. The third-order valence-corrected chi connectivity index (χ3v) is 11.7. The van der Waals surface area contributed by atoms with Gasteiger partial charge in [-0.3, -0.25) is 4.79 Å². The Labute approximate surface area is 182 Å². The van der Waals surface area contributed by atoms with Crippen LogP contribution in [0.1, 0.15) is 50.2 Å². The van der Waals surface area contributed by atoms with Gasteiger partial charge in [0.05, 0.1) is 25.2 Å². The van der Waals surface area contributed by atoms with Gasteiger partial charge in [0, 0.05) is 6.54 Å². The van der Waals surface area contributed by atoms with Crippen molar-refractivity contribution in [2.24, 2.45) is 5.92 Å². The first-order valence-corrected chi connectivity index (χ1v) is 13.7. The summed E-state index contributed by atoms with van der Waals surface area (Å²) in [6.45, 7) is 11.7. The fourth-order valence-corrected chi connectivity index (χ4v) is 5.72. The molecule has 6 nitrogen and oxygen atoms in total. The third-order valence-electron chi connectivity index (χ3n) is 7.17. The highest BCUT2D eigenvalue weighted by Gasteiger charge is 2.41. The molecule has 31 heavy (non-hydrogen) atoms. The number of hydrogen-bond acceptors (Lipinski definition) is 5. The van der Waals surface area contributed by atoms with Crippen LogP contribution < -0.4 is 5.32 Å². The highest BCUT2D eigenvalue weighted by atomic mass is 28.4. The highest BCUT2D eigenvalue weighted by Crippen LogP contribution is 2.40. The van der Waals surface area contributed by atoms with Crippen molar-refractivity contribution in [3.63, 3.8) is 0 Å². The van der Waals surface area contributed by atoms with Crippen molar-refractivity contribution in [1.29, 1.82) is 0 Å². The summed E-state index contributed by atoms with van der Waals surface area (Å²) in [5.74, 6) is -1.56. The van der Waals surface area contributed by atoms with Gasteiger partial charge in [-0.2, -0.15) is 0 Å². The minimum absolute atomic E-state index is 0.00710. The first kappa shape index (κ1) is 22.4. The molecule has 0 saturated carbocycles. The van der Waals surface area contributed by atoms with Crippen molar-refractivity contribution in [1.82, 2.24) is 15.3 Å². The molecule has 0 amide bonds. The normalized spacial score (nSPS) is 22.3. The van der Waals surface area contributed by atoms with Gasteiger partial charge in [-0.1, -0.05) is 20.8 Å². The van der Waals surface area contributed by atoms with E-state index in [1.54, 1.807) is 0 Å². The summed E-state index contributed by atoms with van der Waals surface area (Å²) in [5, 5.41) is 3.49. The van der Waals surface area contributed by atoms with Gasteiger partial charge in [0.25, 0.3) is 0 Å². The Morgan fingerprint density at radius 3 is 2.42 bits per heavy atom. The van der Waals surface area contributed by atoms with Crippen molar-refractivity contribution in [2.45, 2.75) is 70.3 Å². The van der Waals surface area contributed by atoms with Gasteiger partial charge in [-0.15, -0.1) is 0 Å². The summed E-state index contributed by atoms with van der Waals surface area (Å²) in [5.41, 5.74) is 0.533. The number of ether oxygens (including phenoxy) is 1. The van der Waals surface area contributed by atoms with E-state index in [2.05, 4.69) is 49.1 Å². The van der Waals surface area contributed by atoms with E-state index in [9.17, 15) is 4.79 Å². The lowest BCUT2D eigenvalue weighted by atomic mass is 10.1. The number of nitrogens with zero attached hydrogens (tertiary/aromatic N) is 1. The first-order chi connectivity index (χ1) is 14.4. The maximum atomic E-state index is 15.2. The molecule has 1 unspecified atom stereocenters.